The van der Waals surface area contributed by atoms with Crippen LogP contribution in [0.15, 0.2) is 97.1 Å². The SMILES string of the molecule is CCCCc1cc(F)cc2c1ccc1ccccc12.CCCCc1cc(F)cc2c1ccc1ccccc12. The first-order valence-electron chi connectivity index (χ1n) is 13.8. The van der Waals surface area contributed by atoms with Crippen LogP contribution in [-0.2, 0) is 12.8 Å². The van der Waals surface area contributed by atoms with Crippen molar-refractivity contribution in [1.29, 1.82) is 0 Å². The molecule has 38 heavy (non-hydrogen) atoms. The van der Waals surface area contributed by atoms with Gasteiger partial charge in [0.15, 0.2) is 0 Å². The van der Waals surface area contributed by atoms with E-state index < -0.39 is 0 Å². The van der Waals surface area contributed by atoms with Gasteiger partial charge in [0.05, 0.1) is 0 Å². The van der Waals surface area contributed by atoms with E-state index in [1.54, 1.807) is 24.3 Å². The van der Waals surface area contributed by atoms with Crippen molar-refractivity contribution in [2.24, 2.45) is 0 Å². The molecule has 0 nitrogen and oxygen atoms in total. The van der Waals surface area contributed by atoms with Crippen molar-refractivity contribution in [3.05, 3.63) is 120 Å². The zero-order valence-corrected chi connectivity index (χ0v) is 22.2. The van der Waals surface area contributed by atoms with E-state index in [2.05, 4.69) is 62.4 Å². The molecule has 0 aromatic heterocycles. The van der Waals surface area contributed by atoms with Gasteiger partial charge in [0, 0.05) is 0 Å². The van der Waals surface area contributed by atoms with Crippen LogP contribution in [0.5, 0.6) is 0 Å². The van der Waals surface area contributed by atoms with Crippen LogP contribution in [0.4, 0.5) is 8.78 Å². The van der Waals surface area contributed by atoms with Gasteiger partial charge in [0.25, 0.3) is 0 Å². The average molecular weight is 505 g/mol. The Balaban J connectivity index is 0.000000155. The van der Waals surface area contributed by atoms with Gasteiger partial charge in [-0.1, -0.05) is 99.5 Å². The lowest BCUT2D eigenvalue weighted by molar-refractivity contribution is 0.626. The van der Waals surface area contributed by atoms with Gasteiger partial charge in [-0.3, -0.25) is 0 Å². The number of hydrogen-bond donors (Lipinski definition) is 0. The maximum atomic E-state index is 13.9. The molecule has 6 aromatic rings. The first-order chi connectivity index (χ1) is 18.6. The molecule has 0 unspecified atom stereocenters. The largest absolute Gasteiger partial charge is 0.207 e. The van der Waals surface area contributed by atoms with Gasteiger partial charge in [0.2, 0.25) is 0 Å². The third-order valence-electron chi connectivity index (χ3n) is 7.42. The molecule has 0 fully saturated rings. The van der Waals surface area contributed by atoms with Crippen LogP contribution < -0.4 is 0 Å². The molecule has 2 heteroatoms. The van der Waals surface area contributed by atoms with E-state index in [0.717, 1.165) is 71.2 Å². The van der Waals surface area contributed by atoms with Crippen molar-refractivity contribution >= 4 is 43.1 Å². The van der Waals surface area contributed by atoms with Gasteiger partial charge in [-0.05, 0) is 104 Å². The summed E-state index contributed by atoms with van der Waals surface area (Å²) in [6.45, 7) is 4.33. The van der Waals surface area contributed by atoms with Crippen LogP contribution in [0.25, 0.3) is 43.1 Å². The molecule has 0 atom stereocenters. The van der Waals surface area contributed by atoms with Gasteiger partial charge < -0.3 is 0 Å². The molecular formula is C36H34F2. The van der Waals surface area contributed by atoms with Crippen molar-refractivity contribution in [3.8, 4) is 0 Å². The second-order valence-corrected chi connectivity index (χ2v) is 10.1. The summed E-state index contributed by atoms with van der Waals surface area (Å²) in [5, 5.41) is 9.05. The molecule has 0 spiro atoms. The van der Waals surface area contributed by atoms with E-state index in [1.165, 1.54) is 21.5 Å². The molecular weight excluding hydrogens is 470 g/mol. The van der Waals surface area contributed by atoms with Crippen LogP contribution in [0.3, 0.4) is 0 Å². The quantitative estimate of drug-likeness (QED) is 0.198. The molecule has 192 valence electrons. The highest BCUT2D eigenvalue weighted by Crippen LogP contribution is 2.31. The summed E-state index contributed by atoms with van der Waals surface area (Å²) >= 11 is 0. The second kappa shape index (κ2) is 11.7. The maximum Gasteiger partial charge on any atom is 0.124 e. The number of halogens is 2. The molecule has 0 aliphatic carbocycles. The number of benzene rings is 6. The lowest BCUT2D eigenvalue weighted by atomic mass is 9.96. The molecule has 6 rings (SSSR count). The van der Waals surface area contributed by atoms with Crippen molar-refractivity contribution in [1.82, 2.24) is 0 Å². The zero-order chi connectivity index (χ0) is 26.5. The van der Waals surface area contributed by atoms with Gasteiger partial charge in [0.1, 0.15) is 11.6 Å². The van der Waals surface area contributed by atoms with E-state index >= 15 is 0 Å². The van der Waals surface area contributed by atoms with Crippen LogP contribution in [0.1, 0.15) is 50.7 Å². The zero-order valence-electron chi connectivity index (χ0n) is 22.2. The number of rotatable bonds is 6. The first-order valence-corrected chi connectivity index (χ1v) is 13.8. The topological polar surface area (TPSA) is 0 Å². The Hall–Kier alpha value is -3.78. The molecule has 0 radical (unpaired) electrons. The lowest BCUT2D eigenvalue weighted by Crippen LogP contribution is -1.90. The fourth-order valence-electron chi connectivity index (χ4n) is 5.46. The third-order valence-corrected chi connectivity index (χ3v) is 7.42. The monoisotopic (exact) mass is 504 g/mol. The Morgan fingerprint density at radius 1 is 0.447 bits per heavy atom. The van der Waals surface area contributed by atoms with E-state index in [-0.39, 0.29) is 11.6 Å². The lowest BCUT2D eigenvalue weighted by Gasteiger charge is -2.09. The minimum atomic E-state index is -0.130. The molecule has 0 aliphatic heterocycles. The van der Waals surface area contributed by atoms with E-state index in [1.807, 2.05) is 24.3 Å². The highest BCUT2D eigenvalue weighted by Gasteiger charge is 2.08. The van der Waals surface area contributed by atoms with Gasteiger partial charge in [-0.2, -0.15) is 0 Å². The number of hydrogen-bond acceptors (Lipinski definition) is 0. The van der Waals surface area contributed by atoms with E-state index in [4.69, 9.17) is 0 Å². The summed E-state index contributed by atoms with van der Waals surface area (Å²) in [5.41, 5.74) is 2.25. The van der Waals surface area contributed by atoms with Crippen LogP contribution >= 0.6 is 0 Å². The molecule has 0 bridgehead atoms. The minimum absolute atomic E-state index is 0.130. The Morgan fingerprint density at radius 3 is 1.29 bits per heavy atom. The standard InChI is InChI=1S/2C18H17F/c2*1-2-3-6-14-11-15(19)12-18-16-8-5-4-7-13(16)9-10-17(14)18/h2*4-5,7-12H,2-3,6H2,1H3. The van der Waals surface area contributed by atoms with Gasteiger partial charge in [-0.25, -0.2) is 8.78 Å². The smallest absolute Gasteiger partial charge is 0.124 e. The summed E-state index contributed by atoms with van der Waals surface area (Å²) in [7, 11) is 0. The van der Waals surface area contributed by atoms with Gasteiger partial charge in [-0.15, -0.1) is 0 Å². The molecule has 0 heterocycles. The highest BCUT2D eigenvalue weighted by atomic mass is 19.1. The summed E-state index contributed by atoms with van der Waals surface area (Å²) in [5.74, 6) is -0.259. The normalized spacial score (nSPS) is 11.3. The Bertz CT molecular complexity index is 1590. The molecule has 6 aromatic carbocycles. The summed E-state index contributed by atoms with van der Waals surface area (Å²) in [6, 6.07) is 31.6. The first kappa shape index (κ1) is 25.9. The highest BCUT2D eigenvalue weighted by molar-refractivity contribution is 6.09. The number of fused-ring (bicyclic) bond motifs is 6. The summed E-state index contributed by atoms with van der Waals surface area (Å²) < 4.78 is 27.7. The number of aryl methyl sites for hydroxylation is 2. The van der Waals surface area contributed by atoms with Crippen molar-refractivity contribution in [2.75, 3.05) is 0 Å². The predicted octanol–water partition coefficient (Wildman–Crippen LogP) is 10.9. The number of unbranched alkanes of at least 4 members (excludes halogenated alkanes) is 2. The average Bonchev–Trinajstić information content (AvgIpc) is 2.94. The second-order valence-electron chi connectivity index (χ2n) is 10.1. The Labute approximate surface area is 223 Å². The van der Waals surface area contributed by atoms with Crippen molar-refractivity contribution < 1.29 is 8.78 Å². The van der Waals surface area contributed by atoms with Gasteiger partial charge >= 0.3 is 0 Å². The Morgan fingerprint density at radius 2 is 0.868 bits per heavy atom. The molecule has 0 saturated carbocycles. The van der Waals surface area contributed by atoms with E-state index in [9.17, 15) is 8.78 Å². The molecule has 0 N–H and O–H groups in total. The van der Waals surface area contributed by atoms with Crippen LogP contribution in [0.2, 0.25) is 0 Å². The molecule has 0 saturated heterocycles. The summed E-state index contributed by atoms with van der Waals surface area (Å²) in [6.07, 6.45) is 6.36. The maximum absolute atomic E-state index is 13.9. The fourth-order valence-corrected chi connectivity index (χ4v) is 5.46. The minimum Gasteiger partial charge on any atom is -0.207 e. The fraction of sp³-hybridized carbons (Fsp3) is 0.222. The summed E-state index contributed by atoms with van der Waals surface area (Å²) in [4.78, 5) is 0. The third kappa shape index (κ3) is 5.41. The van der Waals surface area contributed by atoms with Crippen LogP contribution in [0, 0.1) is 11.6 Å². The van der Waals surface area contributed by atoms with Crippen LogP contribution in [-0.4, -0.2) is 0 Å². The van der Waals surface area contributed by atoms with Crippen molar-refractivity contribution in [2.45, 2.75) is 52.4 Å². The Kier molecular flexibility index (Phi) is 7.98. The predicted molar refractivity (Wildman–Crippen MR) is 160 cm³/mol. The molecule has 0 aliphatic rings. The molecule has 0 amide bonds. The van der Waals surface area contributed by atoms with Crippen molar-refractivity contribution in [3.63, 3.8) is 0 Å². The van der Waals surface area contributed by atoms with E-state index in [0.29, 0.717) is 0 Å².